The molecular formula is C12H15N5O4. The van der Waals surface area contributed by atoms with Gasteiger partial charge in [0.2, 0.25) is 0 Å². The Kier molecular flexibility index (Phi) is 3.57. The summed E-state index contributed by atoms with van der Waals surface area (Å²) in [6.45, 7) is 1.01. The van der Waals surface area contributed by atoms with Crippen molar-refractivity contribution in [3.63, 3.8) is 0 Å². The molecule has 0 fully saturated rings. The highest BCUT2D eigenvalue weighted by molar-refractivity contribution is 5.85. The van der Waals surface area contributed by atoms with E-state index in [1.807, 2.05) is 4.68 Å². The van der Waals surface area contributed by atoms with E-state index in [9.17, 15) is 4.79 Å². The minimum Gasteiger partial charge on any atom is -0.476 e. The maximum absolute atomic E-state index is 10.7. The minimum atomic E-state index is -1.11. The number of ether oxygens (including phenoxy) is 1. The summed E-state index contributed by atoms with van der Waals surface area (Å²) in [5.41, 5.74) is -0.114. The fourth-order valence-electron chi connectivity index (χ4n) is 2.28. The number of rotatable bonds is 5. The normalized spacial score (nSPS) is 17.5. The number of hydrogen-bond acceptors (Lipinski definition) is 7. The lowest BCUT2D eigenvalue weighted by Crippen LogP contribution is -2.32. The van der Waals surface area contributed by atoms with E-state index in [4.69, 9.17) is 14.3 Å². The van der Waals surface area contributed by atoms with Gasteiger partial charge in [0.1, 0.15) is 18.7 Å². The second-order valence-electron chi connectivity index (χ2n) is 4.78. The largest absolute Gasteiger partial charge is 0.476 e. The number of methoxy groups -OCH3 is 1. The summed E-state index contributed by atoms with van der Waals surface area (Å²) < 4.78 is 11.9. The molecule has 2 aromatic heterocycles. The second-order valence-corrected chi connectivity index (χ2v) is 4.78. The number of nitrogens with one attached hydrogen (secondary N) is 1. The zero-order valence-corrected chi connectivity index (χ0v) is 11.4. The third-order valence-corrected chi connectivity index (χ3v) is 3.23. The number of oxazole rings is 1. The van der Waals surface area contributed by atoms with Gasteiger partial charge in [0.25, 0.3) is 6.01 Å². The smallest absolute Gasteiger partial charge is 0.357 e. The van der Waals surface area contributed by atoms with Crippen LogP contribution in [0.15, 0.2) is 10.7 Å². The Morgan fingerprint density at radius 1 is 1.62 bits per heavy atom. The van der Waals surface area contributed by atoms with Crippen LogP contribution in [0.1, 0.15) is 28.6 Å². The predicted molar refractivity (Wildman–Crippen MR) is 69.9 cm³/mol. The molecule has 0 amide bonds. The molecule has 0 aromatic carbocycles. The molecule has 9 heteroatoms. The average Bonchev–Trinajstić information content (AvgIpc) is 3.05. The van der Waals surface area contributed by atoms with Gasteiger partial charge in [-0.25, -0.2) is 14.5 Å². The molecule has 0 saturated carbocycles. The summed E-state index contributed by atoms with van der Waals surface area (Å²) in [5, 5.41) is 16.2. The molecule has 1 atom stereocenters. The van der Waals surface area contributed by atoms with Crippen LogP contribution in [-0.2, 0) is 24.3 Å². The Balaban J connectivity index is 1.66. The molecule has 2 N–H and O–H groups in total. The fraction of sp³-hybridized carbons (Fsp3) is 0.500. The summed E-state index contributed by atoms with van der Waals surface area (Å²) in [6, 6.07) is 0.271. The lowest BCUT2D eigenvalue weighted by atomic mass is 10.1. The van der Waals surface area contributed by atoms with E-state index in [-0.39, 0.29) is 17.8 Å². The molecule has 0 radical (unpaired) electrons. The predicted octanol–water partition coefficient (Wildman–Crippen LogP) is 0.538. The van der Waals surface area contributed by atoms with Gasteiger partial charge in [0.05, 0.1) is 12.6 Å². The Bertz CT molecular complexity index is 650. The number of fused-ring (bicyclic) bond motifs is 1. The zero-order valence-electron chi connectivity index (χ0n) is 11.4. The van der Waals surface area contributed by atoms with E-state index in [1.54, 1.807) is 7.11 Å². The first kappa shape index (κ1) is 13.6. The van der Waals surface area contributed by atoms with Crippen molar-refractivity contribution < 1.29 is 19.1 Å². The lowest BCUT2D eigenvalue weighted by Gasteiger charge is -2.22. The van der Waals surface area contributed by atoms with Crippen molar-refractivity contribution in [2.45, 2.75) is 32.0 Å². The second kappa shape index (κ2) is 5.52. The van der Waals surface area contributed by atoms with Crippen LogP contribution in [0.5, 0.6) is 0 Å². The Hall–Kier alpha value is -2.42. The molecule has 3 heterocycles. The van der Waals surface area contributed by atoms with E-state index in [0.717, 1.165) is 24.9 Å². The van der Waals surface area contributed by atoms with E-state index in [2.05, 4.69) is 20.4 Å². The molecule has 1 aliphatic heterocycles. The standard InChI is InChI=1S/C12H15N5O4/c1-20-6-9-15-10-3-2-7(4-17(10)16-9)13-12-14-8(5-21-12)11(18)19/h5,7H,2-4,6H2,1H3,(H,13,14)(H,18,19). The van der Waals surface area contributed by atoms with Gasteiger partial charge in [-0.3, -0.25) is 0 Å². The zero-order chi connectivity index (χ0) is 14.8. The first-order valence-electron chi connectivity index (χ1n) is 6.52. The molecule has 1 aliphatic rings. The van der Waals surface area contributed by atoms with Crippen molar-refractivity contribution in [3.05, 3.63) is 23.6 Å². The van der Waals surface area contributed by atoms with Crippen molar-refractivity contribution in [2.24, 2.45) is 0 Å². The van der Waals surface area contributed by atoms with Crippen LogP contribution in [0.4, 0.5) is 6.01 Å². The lowest BCUT2D eigenvalue weighted by molar-refractivity contribution is 0.0690. The number of aromatic carboxylic acids is 1. The number of anilines is 1. The van der Waals surface area contributed by atoms with Gasteiger partial charge < -0.3 is 19.6 Å². The third-order valence-electron chi connectivity index (χ3n) is 3.23. The molecule has 3 rings (SSSR count). The van der Waals surface area contributed by atoms with Crippen LogP contribution in [-0.4, -0.2) is 44.0 Å². The van der Waals surface area contributed by atoms with Crippen molar-refractivity contribution in [1.82, 2.24) is 19.7 Å². The molecule has 1 unspecified atom stereocenters. The first-order chi connectivity index (χ1) is 10.2. The minimum absolute atomic E-state index is 0.0647. The average molecular weight is 293 g/mol. The van der Waals surface area contributed by atoms with Crippen LogP contribution < -0.4 is 5.32 Å². The van der Waals surface area contributed by atoms with Crippen LogP contribution in [0.2, 0.25) is 0 Å². The van der Waals surface area contributed by atoms with Crippen molar-refractivity contribution in [1.29, 1.82) is 0 Å². The van der Waals surface area contributed by atoms with E-state index < -0.39 is 5.97 Å². The Labute approximate surface area is 119 Å². The maximum Gasteiger partial charge on any atom is 0.357 e. The molecule has 0 bridgehead atoms. The maximum atomic E-state index is 10.7. The third kappa shape index (κ3) is 2.87. The van der Waals surface area contributed by atoms with Crippen molar-refractivity contribution in [3.8, 4) is 0 Å². The Morgan fingerprint density at radius 3 is 3.19 bits per heavy atom. The molecule has 2 aromatic rings. The number of aromatic nitrogens is 4. The molecular weight excluding hydrogens is 278 g/mol. The van der Waals surface area contributed by atoms with Gasteiger partial charge in [0.15, 0.2) is 11.5 Å². The monoisotopic (exact) mass is 293 g/mol. The van der Waals surface area contributed by atoms with Gasteiger partial charge in [-0.15, -0.1) is 0 Å². The highest BCUT2D eigenvalue weighted by atomic mass is 16.5. The van der Waals surface area contributed by atoms with E-state index >= 15 is 0 Å². The number of hydrogen-bond donors (Lipinski definition) is 2. The number of carboxylic acid groups (broad SMARTS) is 1. The van der Waals surface area contributed by atoms with E-state index in [0.29, 0.717) is 19.0 Å². The topological polar surface area (TPSA) is 115 Å². The quantitative estimate of drug-likeness (QED) is 0.820. The number of aryl methyl sites for hydroxylation is 1. The van der Waals surface area contributed by atoms with Gasteiger partial charge in [-0.1, -0.05) is 0 Å². The molecule has 21 heavy (non-hydrogen) atoms. The van der Waals surface area contributed by atoms with Gasteiger partial charge in [-0.05, 0) is 6.42 Å². The van der Waals surface area contributed by atoms with Crippen LogP contribution >= 0.6 is 0 Å². The van der Waals surface area contributed by atoms with Crippen LogP contribution in [0.25, 0.3) is 0 Å². The molecule has 0 saturated heterocycles. The van der Waals surface area contributed by atoms with Gasteiger partial charge >= 0.3 is 5.97 Å². The summed E-state index contributed by atoms with van der Waals surface area (Å²) in [6.07, 6.45) is 2.74. The number of carboxylic acids is 1. The summed E-state index contributed by atoms with van der Waals surface area (Å²) in [4.78, 5) is 19.0. The first-order valence-corrected chi connectivity index (χ1v) is 6.52. The van der Waals surface area contributed by atoms with Crippen LogP contribution in [0, 0.1) is 0 Å². The molecule has 0 aliphatic carbocycles. The molecule has 0 spiro atoms. The van der Waals surface area contributed by atoms with Crippen molar-refractivity contribution >= 4 is 12.0 Å². The number of carbonyl (C=O) groups is 1. The van der Waals surface area contributed by atoms with Gasteiger partial charge in [0, 0.05) is 13.5 Å². The summed E-state index contributed by atoms with van der Waals surface area (Å²) in [7, 11) is 1.60. The highest BCUT2D eigenvalue weighted by Gasteiger charge is 2.23. The number of nitrogens with zero attached hydrogens (tertiary/aromatic N) is 4. The summed E-state index contributed by atoms with van der Waals surface area (Å²) in [5.74, 6) is 0.481. The SMILES string of the molecule is COCc1nc2n(n1)CC(Nc1nc(C(=O)O)co1)CC2. The molecule has 112 valence electrons. The van der Waals surface area contributed by atoms with Crippen molar-refractivity contribution in [2.75, 3.05) is 12.4 Å². The van der Waals surface area contributed by atoms with E-state index in [1.165, 1.54) is 0 Å². The highest BCUT2D eigenvalue weighted by Crippen LogP contribution is 2.17. The van der Waals surface area contributed by atoms with Crippen LogP contribution in [0.3, 0.4) is 0 Å². The fourth-order valence-corrected chi connectivity index (χ4v) is 2.28. The van der Waals surface area contributed by atoms with Gasteiger partial charge in [-0.2, -0.15) is 10.1 Å². The molecule has 9 nitrogen and oxygen atoms in total. The summed E-state index contributed by atoms with van der Waals surface area (Å²) >= 11 is 0. The Morgan fingerprint density at radius 2 is 2.48 bits per heavy atom.